The fourth-order valence-corrected chi connectivity index (χ4v) is 3.51. The summed E-state index contributed by atoms with van der Waals surface area (Å²) in [4.78, 5) is 22.2. The molecule has 0 N–H and O–H groups in total. The second-order valence-corrected chi connectivity index (χ2v) is 6.70. The summed E-state index contributed by atoms with van der Waals surface area (Å²) < 4.78 is 14.9. The molecule has 0 unspecified atom stereocenters. The summed E-state index contributed by atoms with van der Waals surface area (Å²) in [6.45, 7) is 0. The van der Waals surface area contributed by atoms with Crippen molar-refractivity contribution in [1.29, 1.82) is 0 Å². The van der Waals surface area contributed by atoms with E-state index in [0.29, 0.717) is 18.5 Å². The van der Waals surface area contributed by atoms with Gasteiger partial charge in [0.15, 0.2) is 0 Å². The van der Waals surface area contributed by atoms with Crippen LogP contribution >= 0.6 is 11.6 Å². The predicted octanol–water partition coefficient (Wildman–Crippen LogP) is 4.79. The van der Waals surface area contributed by atoms with Crippen LogP contribution in [0.4, 0.5) is 10.1 Å². The lowest BCUT2D eigenvalue weighted by molar-refractivity contribution is -0.384. The molecule has 1 heterocycles. The highest BCUT2D eigenvalue weighted by molar-refractivity contribution is 6.67. The molecule has 0 bridgehead atoms. The fourth-order valence-electron chi connectivity index (χ4n) is 3.36. The third-order valence-corrected chi connectivity index (χ3v) is 4.81. The van der Waals surface area contributed by atoms with Gasteiger partial charge in [-0.05, 0) is 78.1 Å². The Bertz CT molecular complexity index is 1120. The topological polar surface area (TPSA) is 78.0 Å². The van der Waals surface area contributed by atoms with Gasteiger partial charge in [-0.3, -0.25) is 14.9 Å². The Hall–Kier alpha value is -3.32. The summed E-state index contributed by atoms with van der Waals surface area (Å²) in [7, 11) is 0. The molecule has 0 atom stereocenters. The first-order chi connectivity index (χ1) is 13.4. The van der Waals surface area contributed by atoms with E-state index in [-0.39, 0.29) is 17.2 Å². The number of nitro benzene ring substituents is 1. The number of carbonyl (C=O) groups is 1. The van der Waals surface area contributed by atoms with E-state index in [1.807, 2.05) is 6.08 Å². The number of allylic oxidation sites excluding steroid dienone is 1. The summed E-state index contributed by atoms with van der Waals surface area (Å²) in [5, 5.41) is 14.5. The van der Waals surface area contributed by atoms with Crippen molar-refractivity contribution >= 4 is 34.2 Å². The second kappa shape index (κ2) is 7.01. The molecule has 8 heteroatoms. The minimum absolute atomic E-state index is 0.0145. The number of non-ortho nitro benzene ring substituents is 1. The molecule has 0 saturated carbocycles. The molecule has 0 aliphatic heterocycles. The summed E-state index contributed by atoms with van der Waals surface area (Å²) in [5.74, 6) is -0.372. The minimum Gasteiger partial charge on any atom is -0.274 e. The lowest BCUT2D eigenvalue weighted by Crippen LogP contribution is -2.02. The van der Waals surface area contributed by atoms with E-state index in [4.69, 9.17) is 11.6 Å². The maximum atomic E-state index is 13.3. The zero-order chi connectivity index (χ0) is 19.8. The molecule has 0 amide bonds. The standard InChI is InChI=1S/C20H13ClFN3O3/c21-20(26)18-17-10-3-13(11-12-1-6-16(7-2-12)25(27)28)19(17)24(23-18)15-8-4-14(22)5-9-15/h1-2,4-9,11H,3,10H2. The van der Waals surface area contributed by atoms with Crippen molar-refractivity contribution < 1.29 is 14.1 Å². The molecule has 4 rings (SSSR count). The molecular formula is C20H13ClFN3O3. The Morgan fingerprint density at radius 2 is 1.82 bits per heavy atom. The third kappa shape index (κ3) is 3.20. The molecule has 140 valence electrons. The highest BCUT2D eigenvalue weighted by atomic mass is 35.5. The lowest BCUT2D eigenvalue weighted by atomic mass is 10.1. The van der Waals surface area contributed by atoms with Crippen molar-refractivity contribution in [3.8, 4) is 5.69 Å². The van der Waals surface area contributed by atoms with Crippen LogP contribution in [0.25, 0.3) is 17.3 Å². The average Bonchev–Trinajstić information content (AvgIpc) is 3.24. The van der Waals surface area contributed by atoms with E-state index in [0.717, 1.165) is 22.4 Å². The molecule has 3 aromatic rings. The Morgan fingerprint density at radius 1 is 1.14 bits per heavy atom. The molecule has 28 heavy (non-hydrogen) atoms. The van der Waals surface area contributed by atoms with Crippen molar-refractivity contribution in [2.45, 2.75) is 12.8 Å². The Kier molecular flexibility index (Phi) is 4.52. The van der Waals surface area contributed by atoms with Crippen molar-refractivity contribution in [2.24, 2.45) is 0 Å². The van der Waals surface area contributed by atoms with E-state index >= 15 is 0 Å². The molecule has 1 aliphatic rings. The van der Waals surface area contributed by atoms with Crippen LogP contribution in [-0.4, -0.2) is 19.9 Å². The smallest absolute Gasteiger partial charge is 0.273 e. The van der Waals surface area contributed by atoms with Crippen LogP contribution < -0.4 is 0 Å². The number of hydrogen-bond acceptors (Lipinski definition) is 4. The van der Waals surface area contributed by atoms with Gasteiger partial charge in [-0.15, -0.1) is 0 Å². The highest BCUT2D eigenvalue weighted by Crippen LogP contribution is 2.37. The maximum Gasteiger partial charge on any atom is 0.273 e. The number of halogens is 2. The Morgan fingerprint density at radius 3 is 2.43 bits per heavy atom. The van der Waals surface area contributed by atoms with E-state index in [2.05, 4.69) is 5.10 Å². The average molecular weight is 398 g/mol. The van der Waals surface area contributed by atoms with E-state index in [1.54, 1.807) is 28.9 Å². The normalized spacial score (nSPS) is 14.3. The van der Waals surface area contributed by atoms with Crippen LogP contribution in [0, 0.1) is 15.9 Å². The number of benzene rings is 2. The number of carbonyl (C=O) groups excluding carboxylic acids is 1. The summed E-state index contributed by atoms with van der Waals surface area (Å²) >= 11 is 5.71. The minimum atomic E-state index is -0.645. The molecular weight excluding hydrogens is 385 g/mol. The first kappa shape index (κ1) is 18.1. The van der Waals surface area contributed by atoms with Gasteiger partial charge in [0.25, 0.3) is 10.9 Å². The molecule has 6 nitrogen and oxygen atoms in total. The molecule has 0 radical (unpaired) electrons. The van der Waals surface area contributed by atoms with Gasteiger partial charge in [0, 0.05) is 17.7 Å². The van der Waals surface area contributed by atoms with Crippen LogP contribution in [0.1, 0.15) is 33.7 Å². The number of nitro groups is 1. The number of fused-ring (bicyclic) bond motifs is 1. The Balaban J connectivity index is 1.82. The van der Waals surface area contributed by atoms with Gasteiger partial charge in [-0.1, -0.05) is 0 Å². The van der Waals surface area contributed by atoms with E-state index in [9.17, 15) is 19.3 Å². The molecule has 0 spiro atoms. The molecule has 2 aromatic carbocycles. The summed E-state index contributed by atoms with van der Waals surface area (Å²) in [6, 6.07) is 12.0. The first-order valence-electron chi connectivity index (χ1n) is 8.47. The quantitative estimate of drug-likeness (QED) is 0.360. The summed E-state index contributed by atoms with van der Waals surface area (Å²) in [5.41, 5.74) is 4.02. The van der Waals surface area contributed by atoms with Crippen molar-refractivity contribution in [1.82, 2.24) is 9.78 Å². The van der Waals surface area contributed by atoms with Gasteiger partial charge in [-0.2, -0.15) is 5.10 Å². The first-order valence-corrected chi connectivity index (χ1v) is 8.85. The zero-order valence-electron chi connectivity index (χ0n) is 14.4. The number of aromatic nitrogens is 2. The van der Waals surface area contributed by atoms with Gasteiger partial charge < -0.3 is 0 Å². The van der Waals surface area contributed by atoms with Gasteiger partial charge >= 0.3 is 0 Å². The number of rotatable bonds is 4. The monoisotopic (exact) mass is 397 g/mol. The predicted molar refractivity (Wildman–Crippen MR) is 103 cm³/mol. The largest absolute Gasteiger partial charge is 0.274 e. The lowest BCUT2D eigenvalue weighted by Gasteiger charge is -2.08. The maximum absolute atomic E-state index is 13.3. The molecule has 0 saturated heterocycles. The van der Waals surface area contributed by atoms with Crippen LogP contribution in [0.5, 0.6) is 0 Å². The van der Waals surface area contributed by atoms with Gasteiger partial charge in [0.1, 0.15) is 11.5 Å². The van der Waals surface area contributed by atoms with Crippen molar-refractivity contribution in [3.63, 3.8) is 0 Å². The van der Waals surface area contributed by atoms with Gasteiger partial charge in [0.05, 0.1) is 16.3 Å². The highest BCUT2D eigenvalue weighted by Gasteiger charge is 2.29. The number of hydrogen-bond donors (Lipinski definition) is 0. The molecule has 1 aliphatic carbocycles. The van der Waals surface area contributed by atoms with E-state index in [1.165, 1.54) is 24.3 Å². The molecule has 0 fully saturated rings. The third-order valence-electron chi connectivity index (χ3n) is 4.63. The molecule has 1 aromatic heterocycles. The summed E-state index contributed by atoms with van der Waals surface area (Å²) in [6.07, 6.45) is 3.17. The Labute approximate surface area is 164 Å². The van der Waals surface area contributed by atoms with Crippen LogP contribution in [-0.2, 0) is 6.42 Å². The van der Waals surface area contributed by atoms with E-state index < -0.39 is 10.2 Å². The number of nitrogens with zero attached hydrogens (tertiary/aromatic N) is 3. The van der Waals surface area contributed by atoms with Crippen LogP contribution in [0.3, 0.4) is 0 Å². The second-order valence-electron chi connectivity index (χ2n) is 6.36. The van der Waals surface area contributed by atoms with Crippen LogP contribution in [0.2, 0.25) is 0 Å². The van der Waals surface area contributed by atoms with Gasteiger partial charge in [-0.25, -0.2) is 9.07 Å². The van der Waals surface area contributed by atoms with Crippen molar-refractivity contribution in [2.75, 3.05) is 0 Å². The van der Waals surface area contributed by atoms with Gasteiger partial charge in [0.2, 0.25) is 0 Å². The zero-order valence-corrected chi connectivity index (χ0v) is 15.2. The SMILES string of the molecule is O=C(Cl)c1nn(-c2ccc(F)cc2)c2c1CCC2=Cc1ccc([N+](=O)[O-])cc1. The fraction of sp³-hybridized carbons (Fsp3) is 0.100. The van der Waals surface area contributed by atoms with Crippen molar-refractivity contribution in [3.05, 3.63) is 87.0 Å². The van der Waals surface area contributed by atoms with Crippen LogP contribution in [0.15, 0.2) is 48.5 Å².